The SMILES string of the molecule is C=CC(=O)OCCCOc1ccc2cc(C(=O)Oc3ccc(C(=O)Oc4ccc(CC)cc4)cc3C)ccc2c1. The number of esters is 3. The molecule has 0 saturated carbocycles. The molecule has 0 fully saturated rings. The van der Waals surface area contributed by atoms with Crippen LogP contribution in [0.15, 0.2) is 91.5 Å². The molecule has 0 aliphatic rings. The second-order valence-corrected chi connectivity index (χ2v) is 9.05. The lowest BCUT2D eigenvalue weighted by molar-refractivity contribution is -0.137. The highest BCUT2D eigenvalue weighted by atomic mass is 16.5. The number of hydrogen-bond acceptors (Lipinski definition) is 7. The van der Waals surface area contributed by atoms with Gasteiger partial charge in [0.2, 0.25) is 0 Å². The molecule has 7 heteroatoms. The molecule has 0 bridgehead atoms. The Balaban J connectivity index is 1.35. The van der Waals surface area contributed by atoms with Crippen molar-refractivity contribution in [3.8, 4) is 17.2 Å². The van der Waals surface area contributed by atoms with E-state index < -0.39 is 17.9 Å². The minimum atomic E-state index is -0.509. The van der Waals surface area contributed by atoms with Crippen molar-refractivity contribution in [1.82, 2.24) is 0 Å². The lowest BCUT2D eigenvalue weighted by Crippen LogP contribution is -2.11. The van der Waals surface area contributed by atoms with E-state index in [4.69, 9.17) is 18.9 Å². The molecule has 0 N–H and O–H groups in total. The normalized spacial score (nSPS) is 10.6. The number of carbonyl (C=O) groups is 3. The van der Waals surface area contributed by atoms with Gasteiger partial charge in [-0.25, -0.2) is 14.4 Å². The average Bonchev–Trinajstić information content (AvgIpc) is 2.97. The van der Waals surface area contributed by atoms with E-state index in [0.29, 0.717) is 47.0 Å². The van der Waals surface area contributed by atoms with Crippen LogP contribution in [0.1, 0.15) is 45.2 Å². The van der Waals surface area contributed by atoms with Crippen LogP contribution in [-0.2, 0) is 16.0 Å². The first-order valence-corrected chi connectivity index (χ1v) is 13.0. The van der Waals surface area contributed by atoms with Crippen molar-refractivity contribution in [2.24, 2.45) is 0 Å². The maximum atomic E-state index is 12.9. The second kappa shape index (κ2) is 13.2. The van der Waals surface area contributed by atoms with E-state index in [2.05, 4.69) is 13.5 Å². The summed E-state index contributed by atoms with van der Waals surface area (Å²) in [6.07, 6.45) is 2.58. The zero-order valence-corrected chi connectivity index (χ0v) is 22.5. The van der Waals surface area contributed by atoms with Gasteiger partial charge in [-0.05, 0) is 89.8 Å². The van der Waals surface area contributed by atoms with Crippen LogP contribution in [0.2, 0.25) is 0 Å². The van der Waals surface area contributed by atoms with Crippen molar-refractivity contribution in [2.75, 3.05) is 13.2 Å². The summed E-state index contributed by atoms with van der Waals surface area (Å²) < 4.78 is 21.7. The zero-order valence-electron chi connectivity index (χ0n) is 22.5. The van der Waals surface area contributed by atoms with Crippen LogP contribution < -0.4 is 14.2 Å². The number of ether oxygens (including phenoxy) is 4. The minimum absolute atomic E-state index is 0.254. The lowest BCUT2D eigenvalue weighted by atomic mass is 10.1. The number of hydrogen-bond donors (Lipinski definition) is 0. The van der Waals surface area contributed by atoms with Gasteiger partial charge in [0.05, 0.1) is 24.3 Å². The largest absolute Gasteiger partial charge is 0.493 e. The summed E-state index contributed by atoms with van der Waals surface area (Å²) in [4.78, 5) is 36.5. The Morgan fingerprint density at radius 1 is 0.750 bits per heavy atom. The molecule has 7 nitrogen and oxygen atoms in total. The Morgan fingerprint density at radius 2 is 1.40 bits per heavy atom. The fourth-order valence-corrected chi connectivity index (χ4v) is 3.93. The zero-order chi connectivity index (χ0) is 28.5. The number of benzene rings is 4. The smallest absolute Gasteiger partial charge is 0.343 e. The average molecular weight is 539 g/mol. The van der Waals surface area contributed by atoms with Crippen molar-refractivity contribution in [3.05, 3.63) is 114 Å². The number of aryl methyl sites for hydroxylation is 2. The van der Waals surface area contributed by atoms with Gasteiger partial charge in [-0.15, -0.1) is 0 Å². The Kier molecular flexibility index (Phi) is 9.31. The Morgan fingerprint density at radius 3 is 2.12 bits per heavy atom. The van der Waals surface area contributed by atoms with Crippen LogP contribution in [0, 0.1) is 6.92 Å². The van der Waals surface area contributed by atoms with Crippen molar-refractivity contribution < 1.29 is 33.3 Å². The van der Waals surface area contributed by atoms with E-state index in [1.807, 2.05) is 36.4 Å². The topological polar surface area (TPSA) is 88.1 Å². The Labute approximate surface area is 232 Å². The van der Waals surface area contributed by atoms with Crippen LogP contribution in [0.3, 0.4) is 0 Å². The third-order valence-electron chi connectivity index (χ3n) is 6.17. The molecule has 204 valence electrons. The molecule has 4 aromatic carbocycles. The standard InChI is InChI=1S/C33H30O7/c1-4-23-7-13-28(14-8-23)39-32(35)26-12-16-30(22(3)19-26)40-33(36)27-10-9-25-21-29(15-11-24(25)20-27)37-17-6-18-38-31(34)5-2/h5,7-16,19-21H,2,4,6,17-18H2,1,3H3. The molecule has 0 aliphatic carbocycles. The summed E-state index contributed by atoms with van der Waals surface area (Å²) in [5, 5.41) is 1.75. The number of fused-ring (bicyclic) bond motifs is 1. The molecule has 0 saturated heterocycles. The van der Waals surface area contributed by atoms with Crippen molar-refractivity contribution in [3.63, 3.8) is 0 Å². The van der Waals surface area contributed by atoms with Crippen LogP contribution >= 0.6 is 0 Å². The summed E-state index contributed by atoms with van der Waals surface area (Å²) in [6, 6.07) is 23.0. The number of rotatable bonds is 11. The van der Waals surface area contributed by atoms with Gasteiger partial charge in [-0.2, -0.15) is 0 Å². The molecule has 0 aliphatic heterocycles. The summed E-state index contributed by atoms with van der Waals surface area (Å²) in [5.74, 6) is 0.0459. The van der Waals surface area contributed by atoms with Gasteiger partial charge >= 0.3 is 17.9 Å². The van der Waals surface area contributed by atoms with Gasteiger partial charge in [0.15, 0.2) is 0 Å². The summed E-state index contributed by atoms with van der Waals surface area (Å²) in [7, 11) is 0. The van der Waals surface area contributed by atoms with E-state index >= 15 is 0 Å². The van der Waals surface area contributed by atoms with Crippen LogP contribution in [-0.4, -0.2) is 31.1 Å². The van der Waals surface area contributed by atoms with Gasteiger partial charge in [0.25, 0.3) is 0 Å². The van der Waals surface area contributed by atoms with Crippen molar-refractivity contribution in [1.29, 1.82) is 0 Å². The maximum absolute atomic E-state index is 12.9. The van der Waals surface area contributed by atoms with Gasteiger partial charge in [-0.1, -0.05) is 37.8 Å². The van der Waals surface area contributed by atoms with E-state index in [1.165, 1.54) is 0 Å². The van der Waals surface area contributed by atoms with Crippen LogP contribution in [0.25, 0.3) is 10.8 Å². The predicted octanol–water partition coefficient (Wildman–Crippen LogP) is 6.65. The molecule has 4 aromatic rings. The molecule has 40 heavy (non-hydrogen) atoms. The summed E-state index contributed by atoms with van der Waals surface area (Å²) in [6.45, 7) is 7.82. The molecule has 0 atom stereocenters. The first kappa shape index (κ1) is 28.1. The number of carbonyl (C=O) groups excluding carboxylic acids is 3. The van der Waals surface area contributed by atoms with Gasteiger partial charge in [-0.3, -0.25) is 0 Å². The quantitative estimate of drug-likeness (QED) is 0.0915. The molecule has 0 unspecified atom stereocenters. The Bertz CT molecular complexity index is 1540. The molecule has 0 spiro atoms. The van der Waals surface area contributed by atoms with Gasteiger partial charge in [0.1, 0.15) is 17.2 Å². The molecule has 0 radical (unpaired) electrons. The van der Waals surface area contributed by atoms with Crippen LogP contribution in [0.5, 0.6) is 17.2 Å². The van der Waals surface area contributed by atoms with Gasteiger partial charge in [0, 0.05) is 12.5 Å². The highest BCUT2D eigenvalue weighted by Crippen LogP contribution is 2.25. The van der Waals surface area contributed by atoms with E-state index in [1.54, 1.807) is 49.4 Å². The molecule has 0 heterocycles. The second-order valence-electron chi connectivity index (χ2n) is 9.05. The fourth-order valence-electron chi connectivity index (χ4n) is 3.93. The lowest BCUT2D eigenvalue weighted by Gasteiger charge is -2.11. The van der Waals surface area contributed by atoms with Crippen LogP contribution in [0.4, 0.5) is 0 Å². The first-order chi connectivity index (χ1) is 19.4. The first-order valence-electron chi connectivity index (χ1n) is 13.0. The molecular formula is C33H30O7. The van der Waals surface area contributed by atoms with Gasteiger partial charge < -0.3 is 18.9 Å². The third-order valence-corrected chi connectivity index (χ3v) is 6.17. The minimum Gasteiger partial charge on any atom is -0.493 e. The highest BCUT2D eigenvalue weighted by molar-refractivity contribution is 5.97. The van der Waals surface area contributed by atoms with E-state index in [9.17, 15) is 14.4 Å². The Hall–Kier alpha value is -4.91. The molecule has 0 aromatic heterocycles. The monoisotopic (exact) mass is 538 g/mol. The third kappa shape index (κ3) is 7.35. The fraction of sp³-hybridized carbons (Fsp3) is 0.182. The van der Waals surface area contributed by atoms with E-state index in [-0.39, 0.29) is 6.61 Å². The molecular weight excluding hydrogens is 508 g/mol. The van der Waals surface area contributed by atoms with Crippen molar-refractivity contribution in [2.45, 2.75) is 26.7 Å². The predicted molar refractivity (Wildman–Crippen MR) is 152 cm³/mol. The maximum Gasteiger partial charge on any atom is 0.343 e. The van der Waals surface area contributed by atoms with Crippen molar-refractivity contribution >= 4 is 28.7 Å². The summed E-state index contributed by atoms with van der Waals surface area (Å²) >= 11 is 0. The molecule has 4 rings (SSSR count). The van der Waals surface area contributed by atoms with E-state index in [0.717, 1.165) is 28.8 Å². The highest BCUT2D eigenvalue weighted by Gasteiger charge is 2.15. The molecule has 0 amide bonds. The summed E-state index contributed by atoms with van der Waals surface area (Å²) in [5.41, 5.74) is 2.54.